The third-order valence-electron chi connectivity index (χ3n) is 2.50. The lowest BCUT2D eigenvalue weighted by Crippen LogP contribution is -2.43. The molecule has 1 aliphatic rings. The molecule has 3 N–H and O–H groups in total. The second-order valence-electron chi connectivity index (χ2n) is 3.77. The number of ether oxygens (including phenoxy) is 1. The predicted octanol–water partition coefficient (Wildman–Crippen LogP) is 0.362. The highest BCUT2D eigenvalue weighted by atomic mass is 32.2. The Morgan fingerprint density at radius 1 is 1.73 bits per heavy atom. The van der Waals surface area contributed by atoms with Crippen LogP contribution in [0.25, 0.3) is 0 Å². The van der Waals surface area contributed by atoms with Crippen LogP contribution in [0.2, 0.25) is 0 Å². The van der Waals surface area contributed by atoms with E-state index in [0.29, 0.717) is 6.54 Å². The van der Waals surface area contributed by atoms with Gasteiger partial charge in [-0.2, -0.15) is 11.8 Å². The lowest BCUT2D eigenvalue weighted by atomic mass is 10.2. The lowest BCUT2D eigenvalue weighted by Gasteiger charge is -2.14. The number of amides is 1. The van der Waals surface area contributed by atoms with Gasteiger partial charge in [-0.05, 0) is 31.3 Å². The summed E-state index contributed by atoms with van der Waals surface area (Å²) in [7, 11) is 0. The second kappa shape index (κ2) is 7.09. The van der Waals surface area contributed by atoms with E-state index >= 15 is 0 Å². The van der Waals surface area contributed by atoms with Crippen molar-refractivity contribution in [1.82, 2.24) is 5.32 Å². The van der Waals surface area contributed by atoms with Crippen molar-refractivity contribution < 1.29 is 9.53 Å². The summed E-state index contributed by atoms with van der Waals surface area (Å²) in [6, 6.07) is -0.376. The zero-order valence-corrected chi connectivity index (χ0v) is 10.0. The van der Waals surface area contributed by atoms with Gasteiger partial charge in [0.2, 0.25) is 5.91 Å². The Hall–Kier alpha value is -0.260. The standard InChI is InChI=1S/C10H20N2O2S/c1-15-6-4-9(11)10(13)12-7-8-3-2-5-14-8/h8-9H,2-7,11H2,1H3,(H,12,13)/t8-,9+/m0/s1. The molecule has 0 aromatic heterocycles. The Labute approximate surface area is 95.3 Å². The van der Waals surface area contributed by atoms with Gasteiger partial charge in [-0.25, -0.2) is 0 Å². The van der Waals surface area contributed by atoms with E-state index in [9.17, 15) is 4.79 Å². The van der Waals surface area contributed by atoms with E-state index in [2.05, 4.69) is 5.32 Å². The van der Waals surface area contributed by atoms with Gasteiger partial charge in [0.1, 0.15) is 0 Å². The summed E-state index contributed by atoms with van der Waals surface area (Å²) in [6.45, 7) is 1.42. The van der Waals surface area contributed by atoms with Crippen LogP contribution in [0.3, 0.4) is 0 Å². The molecule has 0 aromatic rings. The monoisotopic (exact) mass is 232 g/mol. The Morgan fingerprint density at radius 2 is 2.53 bits per heavy atom. The summed E-state index contributed by atoms with van der Waals surface area (Å²) in [5.74, 6) is 0.869. The second-order valence-corrected chi connectivity index (χ2v) is 4.75. The quantitative estimate of drug-likeness (QED) is 0.694. The van der Waals surface area contributed by atoms with Crippen LogP contribution in [-0.2, 0) is 9.53 Å². The summed E-state index contributed by atoms with van der Waals surface area (Å²) in [4.78, 5) is 11.5. The number of nitrogens with one attached hydrogen (secondary N) is 1. The summed E-state index contributed by atoms with van der Waals surface area (Å²) in [5, 5.41) is 2.84. The van der Waals surface area contributed by atoms with Crippen LogP contribution in [0.1, 0.15) is 19.3 Å². The largest absolute Gasteiger partial charge is 0.376 e. The summed E-state index contributed by atoms with van der Waals surface area (Å²) in [5.41, 5.74) is 5.72. The highest BCUT2D eigenvalue weighted by molar-refractivity contribution is 7.98. The van der Waals surface area contributed by atoms with Crippen LogP contribution in [0.5, 0.6) is 0 Å². The van der Waals surface area contributed by atoms with Crippen molar-refractivity contribution in [2.75, 3.05) is 25.2 Å². The number of thioether (sulfide) groups is 1. The number of rotatable bonds is 6. The summed E-state index contributed by atoms with van der Waals surface area (Å²) in [6.07, 6.45) is 5.08. The van der Waals surface area contributed by atoms with Crippen LogP contribution in [-0.4, -0.2) is 43.2 Å². The average molecular weight is 232 g/mol. The van der Waals surface area contributed by atoms with Crippen molar-refractivity contribution in [2.24, 2.45) is 5.73 Å². The SMILES string of the molecule is CSCC[C@@H](N)C(=O)NC[C@@H]1CCCO1. The van der Waals surface area contributed by atoms with Gasteiger partial charge in [0, 0.05) is 13.2 Å². The molecule has 0 unspecified atom stereocenters. The lowest BCUT2D eigenvalue weighted by molar-refractivity contribution is -0.122. The maximum absolute atomic E-state index is 11.5. The van der Waals surface area contributed by atoms with E-state index in [-0.39, 0.29) is 18.1 Å². The minimum Gasteiger partial charge on any atom is -0.376 e. The maximum atomic E-state index is 11.5. The number of hydrogen-bond donors (Lipinski definition) is 2. The zero-order valence-electron chi connectivity index (χ0n) is 9.20. The van der Waals surface area contributed by atoms with Gasteiger partial charge in [0.25, 0.3) is 0 Å². The molecule has 0 spiro atoms. The van der Waals surface area contributed by atoms with Crippen molar-refractivity contribution >= 4 is 17.7 Å². The van der Waals surface area contributed by atoms with Gasteiger partial charge >= 0.3 is 0 Å². The predicted molar refractivity (Wildman–Crippen MR) is 63.0 cm³/mol. The Kier molecular flexibility index (Phi) is 6.05. The van der Waals surface area contributed by atoms with Crippen molar-refractivity contribution in [3.63, 3.8) is 0 Å². The average Bonchev–Trinajstić information content (AvgIpc) is 2.75. The number of nitrogens with two attached hydrogens (primary N) is 1. The fourth-order valence-corrected chi connectivity index (χ4v) is 2.02. The Bertz CT molecular complexity index is 196. The maximum Gasteiger partial charge on any atom is 0.237 e. The molecule has 15 heavy (non-hydrogen) atoms. The normalized spacial score (nSPS) is 22.7. The number of carbonyl (C=O) groups excluding carboxylic acids is 1. The molecule has 4 nitrogen and oxygen atoms in total. The molecular weight excluding hydrogens is 212 g/mol. The van der Waals surface area contributed by atoms with Gasteiger partial charge in [-0.3, -0.25) is 4.79 Å². The molecule has 0 aliphatic carbocycles. The molecule has 0 saturated carbocycles. The minimum atomic E-state index is -0.376. The molecule has 1 aliphatic heterocycles. The number of carbonyl (C=O) groups is 1. The third-order valence-corrected chi connectivity index (χ3v) is 3.14. The van der Waals surface area contributed by atoms with E-state index in [0.717, 1.165) is 31.6 Å². The first-order valence-electron chi connectivity index (χ1n) is 5.38. The minimum absolute atomic E-state index is 0.0560. The number of hydrogen-bond acceptors (Lipinski definition) is 4. The van der Waals surface area contributed by atoms with E-state index < -0.39 is 0 Å². The van der Waals surface area contributed by atoms with E-state index in [4.69, 9.17) is 10.5 Å². The highest BCUT2D eigenvalue weighted by Crippen LogP contribution is 2.10. The van der Waals surface area contributed by atoms with E-state index in [1.165, 1.54) is 0 Å². The molecule has 0 bridgehead atoms. The van der Waals surface area contributed by atoms with Crippen LogP contribution in [0.4, 0.5) is 0 Å². The van der Waals surface area contributed by atoms with Crippen LogP contribution < -0.4 is 11.1 Å². The van der Waals surface area contributed by atoms with Gasteiger partial charge in [0.15, 0.2) is 0 Å². The Morgan fingerprint density at radius 3 is 3.13 bits per heavy atom. The Balaban J connectivity index is 2.11. The first-order chi connectivity index (χ1) is 7.24. The van der Waals surface area contributed by atoms with E-state index in [1.807, 2.05) is 6.26 Å². The van der Waals surface area contributed by atoms with Crippen molar-refractivity contribution in [3.05, 3.63) is 0 Å². The topological polar surface area (TPSA) is 64.4 Å². The summed E-state index contributed by atoms with van der Waals surface area (Å²) >= 11 is 1.71. The van der Waals surface area contributed by atoms with Crippen LogP contribution in [0.15, 0.2) is 0 Å². The van der Waals surface area contributed by atoms with E-state index in [1.54, 1.807) is 11.8 Å². The molecule has 1 rings (SSSR count). The smallest absolute Gasteiger partial charge is 0.237 e. The molecule has 0 aromatic carbocycles. The fraction of sp³-hybridized carbons (Fsp3) is 0.900. The summed E-state index contributed by atoms with van der Waals surface area (Å²) < 4.78 is 5.40. The fourth-order valence-electron chi connectivity index (χ4n) is 1.53. The van der Waals surface area contributed by atoms with Crippen molar-refractivity contribution in [3.8, 4) is 0 Å². The molecule has 1 saturated heterocycles. The molecule has 2 atom stereocenters. The van der Waals surface area contributed by atoms with Gasteiger partial charge < -0.3 is 15.8 Å². The first-order valence-corrected chi connectivity index (χ1v) is 6.77. The molecule has 1 heterocycles. The highest BCUT2D eigenvalue weighted by Gasteiger charge is 2.18. The first kappa shape index (κ1) is 12.8. The molecule has 1 amide bonds. The zero-order chi connectivity index (χ0) is 11.1. The van der Waals surface area contributed by atoms with Crippen LogP contribution in [0, 0.1) is 0 Å². The van der Waals surface area contributed by atoms with Gasteiger partial charge in [0.05, 0.1) is 12.1 Å². The molecule has 5 heteroatoms. The third kappa shape index (κ3) is 4.86. The van der Waals surface area contributed by atoms with Gasteiger partial charge in [-0.15, -0.1) is 0 Å². The molecule has 88 valence electrons. The molecule has 1 fully saturated rings. The van der Waals surface area contributed by atoms with Crippen molar-refractivity contribution in [2.45, 2.75) is 31.4 Å². The molecular formula is C10H20N2O2S. The van der Waals surface area contributed by atoms with Gasteiger partial charge in [-0.1, -0.05) is 0 Å². The van der Waals surface area contributed by atoms with Crippen molar-refractivity contribution in [1.29, 1.82) is 0 Å². The molecule has 0 radical (unpaired) electrons. The van der Waals surface area contributed by atoms with Crippen LogP contribution >= 0.6 is 11.8 Å².